The van der Waals surface area contributed by atoms with E-state index < -0.39 is 0 Å². The van der Waals surface area contributed by atoms with Gasteiger partial charge in [-0.15, -0.1) is 0 Å². The molecular formula is C13H11N3O. The Hall–Kier alpha value is -2.54. The van der Waals surface area contributed by atoms with Crippen LogP contribution in [0.25, 0.3) is 11.3 Å². The molecule has 1 aromatic heterocycles. The van der Waals surface area contributed by atoms with Crippen molar-refractivity contribution in [2.45, 2.75) is 0 Å². The fraction of sp³-hybridized carbons (Fsp3) is 0.0769. The molecule has 0 fully saturated rings. The normalized spacial score (nSPS) is 10.6. The molecule has 0 aliphatic rings. The van der Waals surface area contributed by atoms with Crippen LogP contribution < -0.4 is 0 Å². The van der Waals surface area contributed by atoms with E-state index in [4.69, 9.17) is 10.5 Å². The number of benzene rings is 1. The Morgan fingerprint density at radius 2 is 1.94 bits per heavy atom. The molecule has 0 radical (unpaired) electrons. The van der Waals surface area contributed by atoms with Gasteiger partial charge in [0.1, 0.15) is 11.8 Å². The average Bonchev–Trinajstić information content (AvgIpc) is 2.72. The lowest BCUT2D eigenvalue weighted by Gasteiger charge is -2.04. The molecule has 2 rings (SSSR count). The van der Waals surface area contributed by atoms with Crippen LogP contribution in [0.15, 0.2) is 41.6 Å². The van der Waals surface area contributed by atoms with Crippen molar-refractivity contribution in [2.75, 3.05) is 0 Å². The fourth-order valence-corrected chi connectivity index (χ4v) is 1.72. The smallest absolute Gasteiger partial charge is 0.120 e. The van der Waals surface area contributed by atoms with Gasteiger partial charge in [-0.1, -0.05) is 29.4 Å². The third-order valence-electron chi connectivity index (χ3n) is 2.65. The zero-order chi connectivity index (χ0) is 12.3. The summed E-state index contributed by atoms with van der Waals surface area (Å²) in [4.78, 5) is 0. The second kappa shape index (κ2) is 4.54. The van der Waals surface area contributed by atoms with E-state index in [1.54, 1.807) is 6.07 Å². The van der Waals surface area contributed by atoms with Gasteiger partial charge in [-0.3, -0.25) is 0 Å². The van der Waals surface area contributed by atoms with Gasteiger partial charge in [0.2, 0.25) is 0 Å². The summed E-state index contributed by atoms with van der Waals surface area (Å²) >= 11 is 0. The number of nitriles is 1. The lowest BCUT2D eigenvalue weighted by Crippen LogP contribution is -1.94. The highest BCUT2D eigenvalue weighted by atomic mass is 16.4. The minimum absolute atomic E-state index is 0.626. The van der Waals surface area contributed by atoms with E-state index in [9.17, 15) is 0 Å². The quantitative estimate of drug-likeness (QED) is 0.484. The van der Waals surface area contributed by atoms with Crippen LogP contribution in [0.1, 0.15) is 11.3 Å². The molecule has 1 N–H and O–H groups in total. The SMILES string of the molecule is Cn1c(C#N)ccc1-c1ccc(C=NO)cc1. The van der Waals surface area contributed by atoms with Crippen molar-refractivity contribution in [3.63, 3.8) is 0 Å². The molecule has 0 aliphatic carbocycles. The summed E-state index contributed by atoms with van der Waals surface area (Å²) in [6.07, 6.45) is 1.37. The Balaban J connectivity index is 2.40. The summed E-state index contributed by atoms with van der Waals surface area (Å²) in [5.41, 5.74) is 3.45. The fourth-order valence-electron chi connectivity index (χ4n) is 1.72. The van der Waals surface area contributed by atoms with Gasteiger partial charge in [0.05, 0.1) is 6.21 Å². The van der Waals surface area contributed by atoms with Crippen LogP contribution >= 0.6 is 0 Å². The van der Waals surface area contributed by atoms with Gasteiger partial charge in [-0.25, -0.2) is 0 Å². The van der Waals surface area contributed by atoms with Crippen molar-refractivity contribution in [2.24, 2.45) is 12.2 Å². The van der Waals surface area contributed by atoms with E-state index in [0.29, 0.717) is 5.69 Å². The van der Waals surface area contributed by atoms with Gasteiger partial charge in [0.25, 0.3) is 0 Å². The number of oxime groups is 1. The highest BCUT2D eigenvalue weighted by Crippen LogP contribution is 2.21. The van der Waals surface area contributed by atoms with E-state index in [2.05, 4.69) is 11.2 Å². The van der Waals surface area contributed by atoms with Crippen LogP contribution in [0.2, 0.25) is 0 Å². The molecule has 0 aliphatic heterocycles. The second-order valence-electron chi connectivity index (χ2n) is 3.64. The molecule has 1 aromatic carbocycles. The molecule has 4 nitrogen and oxygen atoms in total. The lowest BCUT2D eigenvalue weighted by atomic mass is 10.1. The van der Waals surface area contributed by atoms with Crippen LogP contribution in [0.4, 0.5) is 0 Å². The summed E-state index contributed by atoms with van der Waals surface area (Å²) < 4.78 is 1.84. The molecule has 4 heteroatoms. The topological polar surface area (TPSA) is 61.3 Å². The van der Waals surface area contributed by atoms with Gasteiger partial charge < -0.3 is 9.77 Å². The molecule has 0 spiro atoms. The summed E-state index contributed by atoms with van der Waals surface area (Å²) in [5.74, 6) is 0. The van der Waals surface area contributed by atoms with Crippen LogP contribution in [0.3, 0.4) is 0 Å². The minimum atomic E-state index is 0.626. The largest absolute Gasteiger partial charge is 0.411 e. The number of hydrogen-bond donors (Lipinski definition) is 1. The number of rotatable bonds is 2. The maximum Gasteiger partial charge on any atom is 0.120 e. The predicted octanol–water partition coefficient (Wildman–Crippen LogP) is 2.37. The average molecular weight is 225 g/mol. The first-order valence-corrected chi connectivity index (χ1v) is 5.10. The van der Waals surface area contributed by atoms with Crippen molar-refractivity contribution >= 4 is 6.21 Å². The molecule has 0 saturated heterocycles. The number of aromatic nitrogens is 1. The van der Waals surface area contributed by atoms with Crippen LogP contribution in [0.5, 0.6) is 0 Å². The van der Waals surface area contributed by atoms with Crippen molar-refractivity contribution in [1.82, 2.24) is 4.57 Å². The van der Waals surface area contributed by atoms with Crippen molar-refractivity contribution in [3.05, 3.63) is 47.7 Å². The highest BCUT2D eigenvalue weighted by molar-refractivity contribution is 5.80. The van der Waals surface area contributed by atoms with Crippen LogP contribution in [0, 0.1) is 11.3 Å². The summed E-state index contributed by atoms with van der Waals surface area (Å²) in [6.45, 7) is 0. The zero-order valence-electron chi connectivity index (χ0n) is 9.33. The van der Waals surface area contributed by atoms with E-state index >= 15 is 0 Å². The van der Waals surface area contributed by atoms with Crippen molar-refractivity contribution in [1.29, 1.82) is 5.26 Å². The van der Waals surface area contributed by atoms with Crippen molar-refractivity contribution < 1.29 is 5.21 Å². The molecule has 0 atom stereocenters. The van der Waals surface area contributed by atoms with Gasteiger partial charge in [0, 0.05) is 12.7 Å². The van der Waals surface area contributed by atoms with Gasteiger partial charge in [-0.2, -0.15) is 5.26 Å². The van der Waals surface area contributed by atoms with E-state index in [1.165, 1.54) is 6.21 Å². The van der Waals surface area contributed by atoms with E-state index in [-0.39, 0.29) is 0 Å². The third kappa shape index (κ3) is 2.04. The Kier molecular flexibility index (Phi) is 2.93. The molecule has 0 unspecified atom stereocenters. The maximum atomic E-state index is 8.88. The third-order valence-corrected chi connectivity index (χ3v) is 2.65. The molecule has 0 amide bonds. The zero-order valence-corrected chi connectivity index (χ0v) is 9.33. The highest BCUT2D eigenvalue weighted by Gasteiger charge is 2.05. The maximum absolute atomic E-state index is 8.88. The second-order valence-corrected chi connectivity index (χ2v) is 3.64. The minimum Gasteiger partial charge on any atom is -0.411 e. The molecule has 0 bridgehead atoms. The Labute approximate surface area is 99.0 Å². The summed E-state index contributed by atoms with van der Waals surface area (Å²) in [5, 5.41) is 20.3. The Bertz CT molecular complexity index is 588. The molecule has 0 saturated carbocycles. The van der Waals surface area contributed by atoms with Gasteiger partial charge >= 0.3 is 0 Å². The van der Waals surface area contributed by atoms with Gasteiger partial charge in [0.15, 0.2) is 0 Å². The standard InChI is InChI=1S/C13H11N3O/c1-16-12(8-14)6-7-13(16)11-4-2-10(3-5-11)9-15-17/h2-7,9,17H,1H3. The monoisotopic (exact) mass is 225 g/mol. The number of hydrogen-bond acceptors (Lipinski definition) is 3. The molecule has 1 heterocycles. The first-order chi connectivity index (χ1) is 8.26. The Morgan fingerprint density at radius 1 is 1.24 bits per heavy atom. The van der Waals surface area contributed by atoms with Crippen molar-refractivity contribution in [3.8, 4) is 17.3 Å². The van der Waals surface area contributed by atoms with E-state index in [1.807, 2.05) is 41.9 Å². The lowest BCUT2D eigenvalue weighted by molar-refractivity contribution is 0.322. The molecule has 17 heavy (non-hydrogen) atoms. The van der Waals surface area contributed by atoms with E-state index in [0.717, 1.165) is 16.8 Å². The summed E-state index contributed by atoms with van der Waals surface area (Å²) in [6, 6.07) is 13.4. The Morgan fingerprint density at radius 3 is 2.47 bits per heavy atom. The number of nitrogens with zero attached hydrogens (tertiary/aromatic N) is 3. The molecular weight excluding hydrogens is 214 g/mol. The van der Waals surface area contributed by atoms with Crippen LogP contribution in [-0.4, -0.2) is 16.0 Å². The predicted molar refractivity (Wildman–Crippen MR) is 64.9 cm³/mol. The summed E-state index contributed by atoms with van der Waals surface area (Å²) in [7, 11) is 1.86. The first kappa shape index (κ1) is 11.0. The van der Waals surface area contributed by atoms with Gasteiger partial charge in [-0.05, 0) is 23.3 Å². The first-order valence-electron chi connectivity index (χ1n) is 5.10. The van der Waals surface area contributed by atoms with Crippen LogP contribution in [-0.2, 0) is 7.05 Å². The molecule has 2 aromatic rings. The molecule has 84 valence electrons.